The first-order valence-corrected chi connectivity index (χ1v) is 5.62. The summed E-state index contributed by atoms with van der Waals surface area (Å²) in [4.78, 5) is 5.62. The van der Waals surface area contributed by atoms with Crippen LogP contribution in [-0.4, -0.2) is 11.6 Å². The molecule has 0 fully saturated rings. The SMILES string of the molecule is C#CCONC(=S)CCCc1ccccc1. The van der Waals surface area contributed by atoms with Crippen LogP contribution in [0.1, 0.15) is 18.4 Å². The first kappa shape index (κ1) is 12.7. The van der Waals surface area contributed by atoms with E-state index in [1.165, 1.54) is 5.56 Å². The average Bonchev–Trinajstić information content (AvgIpc) is 2.31. The number of nitrogens with one attached hydrogen (secondary N) is 1. The summed E-state index contributed by atoms with van der Waals surface area (Å²) in [5.74, 6) is 2.36. The minimum Gasteiger partial charge on any atom is -0.263 e. The Labute approximate surface area is 102 Å². The predicted molar refractivity (Wildman–Crippen MR) is 69.9 cm³/mol. The minimum atomic E-state index is 0.235. The number of rotatable bonds is 6. The summed E-state index contributed by atoms with van der Waals surface area (Å²) >= 11 is 5.08. The molecule has 0 spiro atoms. The summed E-state index contributed by atoms with van der Waals surface area (Å²) < 4.78 is 0. The fourth-order valence-corrected chi connectivity index (χ4v) is 1.51. The molecule has 16 heavy (non-hydrogen) atoms. The summed E-state index contributed by atoms with van der Waals surface area (Å²) in [5, 5.41) is 0. The molecule has 1 N–H and O–H groups in total. The predicted octanol–water partition coefficient (Wildman–Crippen LogP) is 2.49. The Balaban J connectivity index is 2.12. The number of thiocarbonyl (C=S) groups is 1. The van der Waals surface area contributed by atoms with Gasteiger partial charge >= 0.3 is 0 Å². The lowest BCUT2D eigenvalue weighted by molar-refractivity contribution is 0.115. The van der Waals surface area contributed by atoms with E-state index in [9.17, 15) is 0 Å². The fourth-order valence-electron chi connectivity index (χ4n) is 1.31. The van der Waals surface area contributed by atoms with Crippen LogP contribution < -0.4 is 5.48 Å². The molecular formula is C13H15NOS. The van der Waals surface area contributed by atoms with Crippen molar-refractivity contribution < 1.29 is 4.84 Å². The molecule has 0 aliphatic rings. The molecule has 1 rings (SSSR count). The first-order chi connectivity index (χ1) is 7.83. The minimum absolute atomic E-state index is 0.235. The van der Waals surface area contributed by atoms with E-state index < -0.39 is 0 Å². The Bertz CT molecular complexity index is 356. The third-order valence-corrected chi connectivity index (χ3v) is 2.34. The van der Waals surface area contributed by atoms with Gasteiger partial charge in [-0.1, -0.05) is 48.5 Å². The lowest BCUT2D eigenvalue weighted by Crippen LogP contribution is -2.21. The van der Waals surface area contributed by atoms with Crippen LogP contribution in [0, 0.1) is 12.3 Å². The zero-order valence-corrected chi connectivity index (χ0v) is 9.93. The number of terminal acetylenes is 1. The highest BCUT2D eigenvalue weighted by Crippen LogP contribution is 2.04. The van der Waals surface area contributed by atoms with Gasteiger partial charge in [0.05, 0.1) is 0 Å². The molecule has 0 aliphatic heterocycles. The van der Waals surface area contributed by atoms with E-state index in [1.54, 1.807) is 0 Å². The van der Waals surface area contributed by atoms with Gasteiger partial charge in [0.1, 0.15) is 11.6 Å². The number of hydroxylamine groups is 1. The van der Waals surface area contributed by atoms with E-state index in [1.807, 2.05) is 18.2 Å². The summed E-state index contributed by atoms with van der Waals surface area (Å²) in [6.07, 6.45) is 7.88. The maximum atomic E-state index is 5.08. The summed E-state index contributed by atoms with van der Waals surface area (Å²) in [5.41, 5.74) is 3.99. The molecule has 0 bridgehead atoms. The van der Waals surface area contributed by atoms with E-state index in [4.69, 9.17) is 23.5 Å². The lowest BCUT2D eigenvalue weighted by Gasteiger charge is -2.05. The van der Waals surface area contributed by atoms with Crippen molar-refractivity contribution in [2.75, 3.05) is 6.61 Å². The molecule has 0 saturated carbocycles. The zero-order valence-electron chi connectivity index (χ0n) is 9.11. The van der Waals surface area contributed by atoms with Gasteiger partial charge in [-0.3, -0.25) is 10.3 Å². The third kappa shape index (κ3) is 5.50. The van der Waals surface area contributed by atoms with Crippen LogP contribution in [0.2, 0.25) is 0 Å². The maximum absolute atomic E-state index is 5.08. The second kappa shape index (κ2) is 7.86. The van der Waals surface area contributed by atoms with Gasteiger partial charge in [0.2, 0.25) is 0 Å². The highest BCUT2D eigenvalue weighted by Gasteiger charge is 1.97. The second-order valence-corrected chi connectivity index (χ2v) is 3.85. The van der Waals surface area contributed by atoms with Gasteiger partial charge in [-0.15, -0.1) is 6.42 Å². The Morgan fingerprint density at radius 1 is 1.38 bits per heavy atom. The fraction of sp³-hybridized carbons (Fsp3) is 0.308. The lowest BCUT2D eigenvalue weighted by atomic mass is 10.1. The molecule has 1 aromatic rings. The molecule has 0 unspecified atom stereocenters. The van der Waals surface area contributed by atoms with E-state index in [-0.39, 0.29) is 6.61 Å². The van der Waals surface area contributed by atoms with Crippen molar-refractivity contribution in [3.8, 4) is 12.3 Å². The highest BCUT2D eigenvalue weighted by molar-refractivity contribution is 7.80. The second-order valence-electron chi connectivity index (χ2n) is 3.36. The molecule has 0 heterocycles. The van der Waals surface area contributed by atoms with E-state index in [0.29, 0.717) is 4.99 Å². The average molecular weight is 233 g/mol. The largest absolute Gasteiger partial charge is 0.263 e. The quantitative estimate of drug-likeness (QED) is 0.353. The molecule has 0 saturated heterocycles. The molecule has 0 atom stereocenters. The van der Waals surface area contributed by atoms with Crippen LogP contribution in [0.25, 0.3) is 0 Å². The van der Waals surface area contributed by atoms with Crippen molar-refractivity contribution in [3.63, 3.8) is 0 Å². The Hall–Kier alpha value is -1.37. The molecule has 84 valence electrons. The molecule has 3 heteroatoms. The van der Waals surface area contributed by atoms with Crippen LogP contribution >= 0.6 is 12.2 Å². The first-order valence-electron chi connectivity index (χ1n) is 5.21. The molecule has 1 aromatic carbocycles. The van der Waals surface area contributed by atoms with Crippen LogP contribution in [0.15, 0.2) is 30.3 Å². The van der Waals surface area contributed by atoms with E-state index in [2.05, 4.69) is 23.5 Å². The molecule has 0 radical (unpaired) electrons. The van der Waals surface area contributed by atoms with Gasteiger partial charge in [0.25, 0.3) is 0 Å². The van der Waals surface area contributed by atoms with Gasteiger partial charge < -0.3 is 0 Å². The number of benzene rings is 1. The normalized spacial score (nSPS) is 9.44. The molecular weight excluding hydrogens is 218 g/mol. The van der Waals surface area contributed by atoms with Crippen molar-refractivity contribution in [2.45, 2.75) is 19.3 Å². The van der Waals surface area contributed by atoms with Crippen LogP contribution in [-0.2, 0) is 11.3 Å². The van der Waals surface area contributed by atoms with Crippen molar-refractivity contribution in [2.24, 2.45) is 0 Å². The molecule has 0 amide bonds. The van der Waals surface area contributed by atoms with Gasteiger partial charge in [0, 0.05) is 6.42 Å². The summed E-state index contributed by atoms with van der Waals surface area (Å²) in [6.45, 7) is 0.235. The Kier molecular flexibility index (Phi) is 6.24. The van der Waals surface area contributed by atoms with Crippen LogP contribution in [0.3, 0.4) is 0 Å². The van der Waals surface area contributed by atoms with Crippen molar-refractivity contribution in [3.05, 3.63) is 35.9 Å². The Morgan fingerprint density at radius 3 is 2.81 bits per heavy atom. The molecule has 0 aliphatic carbocycles. The van der Waals surface area contributed by atoms with Gasteiger partial charge in [-0.2, -0.15) is 0 Å². The smallest absolute Gasteiger partial charge is 0.135 e. The van der Waals surface area contributed by atoms with E-state index in [0.717, 1.165) is 19.3 Å². The Morgan fingerprint density at radius 2 is 2.12 bits per heavy atom. The van der Waals surface area contributed by atoms with Crippen molar-refractivity contribution >= 4 is 17.2 Å². The van der Waals surface area contributed by atoms with Crippen LogP contribution in [0.5, 0.6) is 0 Å². The van der Waals surface area contributed by atoms with Gasteiger partial charge in [-0.25, -0.2) is 0 Å². The standard InChI is InChI=1S/C13H15NOS/c1-2-11-15-14-13(16)10-6-9-12-7-4-3-5-8-12/h1,3-5,7-8H,6,9-11H2,(H,14,16). The van der Waals surface area contributed by atoms with Crippen molar-refractivity contribution in [1.29, 1.82) is 0 Å². The topological polar surface area (TPSA) is 21.3 Å². The van der Waals surface area contributed by atoms with Crippen LogP contribution in [0.4, 0.5) is 0 Å². The highest BCUT2D eigenvalue weighted by atomic mass is 32.1. The summed E-state index contributed by atoms with van der Waals surface area (Å²) in [7, 11) is 0. The van der Waals surface area contributed by atoms with Gasteiger partial charge in [-0.05, 0) is 18.4 Å². The van der Waals surface area contributed by atoms with E-state index >= 15 is 0 Å². The number of aryl methyl sites for hydroxylation is 1. The number of hydrogen-bond acceptors (Lipinski definition) is 2. The molecule has 0 aromatic heterocycles. The van der Waals surface area contributed by atoms with Gasteiger partial charge in [0.15, 0.2) is 0 Å². The number of hydrogen-bond donors (Lipinski definition) is 1. The zero-order chi connectivity index (χ0) is 11.6. The third-order valence-electron chi connectivity index (χ3n) is 2.05. The van der Waals surface area contributed by atoms with Crippen molar-refractivity contribution in [1.82, 2.24) is 5.48 Å². The maximum Gasteiger partial charge on any atom is 0.135 e. The summed E-state index contributed by atoms with van der Waals surface area (Å²) in [6, 6.07) is 10.3. The monoisotopic (exact) mass is 233 g/mol. The molecule has 2 nitrogen and oxygen atoms in total.